The number of benzene rings is 3. The van der Waals surface area contributed by atoms with Gasteiger partial charge in [0, 0.05) is 21.0 Å². The Morgan fingerprint density at radius 2 is 1.76 bits per heavy atom. The predicted molar refractivity (Wildman–Crippen MR) is 142 cm³/mol. The quantitative estimate of drug-likeness (QED) is 0.283. The average Bonchev–Trinajstić information content (AvgIpc) is 3.23. The van der Waals surface area contributed by atoms with E-state index in [0.29, 0.717) is 16.3 Å². The lowest BCUT2D eigenvalue weighted by molar-refractivity contribution is 0.103. The van der Waals surface area contributed by atoms with E-state index in [1.54, 1.807) is 36.4 Å². The SMILES string of the molecule is COc1ccc(C)cc1S(=O)(=O)N(C)c1ccc2sc(C(=O)Nc3ccc(I)cc3)cc2c1. The Kier molecular flexibility index (Phi) is 6.64. The van der Waals surface area contributed by atoms with Gasteiger partial charge in [-0.05, 0) is 101 Å². The number of rotatable bonds is 6. The molecule has 0 saturated carbocycles. The van der Waals surface area contributed by atoms with Crippen LogP contribution in [0.5, 0.6) is 5.75 Å². The van der Waals surface area contributed by atoms with Gasteiger partial charge in [0.2, 0.25) is 0 Å². The van der Waals surface area contributed by atoms with Crippen LogP contribution in [0.25, 0.3) is 10.1 Å². The molecular formula is C24H21IN2O4S2. The fourth-order valence-electron chi connectivity index (χ4n) is 3.34. The van der Waals surface area contributed by atoms with Crippen molar-refractivity contribution < 1.29 is 17.9 Å². The summed E-state index contributed by atoms with van der Waals surface area (Å²) < 4.78 is 35.1. The molecule has 4 aromatic rings. The molecular weight excluding hydrogens is 571 g/mol. The molecule has 0 bridgehead atoms. The van der Waals surface area contributed by atoms with Crippen LogP contribution in [0, 0.1) is 10.5 Å². The van der Waals surface area contributed by atoms with Crippen molar-refractivity contribution in [1.29, 1.82) is 0 Å². The third-order valence-electron chi connectivity index (χ3n) is 5.15. The molecule has 1 N–H and O–H groups in total. The average molecular weight is 592 g/mol. The molecule has 0 saturated heterocycles. The molecule has 0 aliphatic carbocycles. The van der Waals surface area contributed by atoms with Crippen LogP contribution in [0.4, 0.5) is 11.4 Å². The molecule has 3 aromatic carbocycles. The fourth-order valence-corrected chi connectivity index (χ4v) is 6.06. The monoisotopic (exact) mass is 592 g/mol. The first-order valence-corrected chi connectivity index (χ1v) is 13.3. The summed E-state index contributed by atoms with van der Waals surface area (Å²) in [5.41, 5.74) is 2.03. The maximum absolute atomic E-state index is 13.3. The van der Waals surface area contributed by atoms with Crippen molar-refractivity contribution >= 4 is 71.3 Å². The van der Waals surface area contributed by atoms with Gasteiger partial charge in [0.1, 0.15) is 10.6 Å². The van der Waals surface area contributed by atoms with E-state index in [0.717, 1.165) is 24.9 Å². The number of carbonyl (C=O) groups excluding carboxylic acids is 1. The minimum atomic E-state index is -3.85. The maximum atomic E-state index is 13.3. The first-order valence-electron chi connectivity index (χ1n) is 9.93. The van der Waals surface area contributed by atoms with Crippen molar-refractivity contribution in [2.75, 3.05) is 23.8 Å². The lowest BCUT2D eigenvalue weighted by Crippen LogP contribution is -2.27. The van der Waals surface area contributed by atoms with Crippen molar-refractivity contribution in [3.63, 3.8) is 0 Å². The van der Waals surface area contributed by atoms with Crippen molar-refractivity contribution in [3.8, 4) is 5.75 Å². The number of sulfonamides is 1. The van der Waals surface area contributed by atoms with Gasteiger partial charge in [0.15, 0.2) is 0 Å². The Balaban J connectivity index is 1.63. The first-order chi connectivity index (χ1) is 15.7. The molecule has 33 heavy (non-hydrogen) atoms. The molecule has 0 spiro atoms. The van der Waals surface area contributed by atoms with E-state index in [4.69, 9.17) is 4.74 Å². The lowest BCUT2D eigenvalue weighted by Gasteiger charge is -2.21. The van der Waals surface area contributed by atoms with Gasteiger partial charge >= 0.3 is 0 Å². The van der Waals surface area contributed by atoms with Crippen molar-refractivity contribution in [2.45, 2.75) is 11.8 Å². The normalized spacial score (nSPS) is 11.4. The number of aryl methyl sites for hydroxylation is 1. The zero-order valence-corrected chi connectivity index (χ0v) is 21.9. The van der Waals surface area contributed by atoms with Gasteiger partial charge in [-0.2, -0.15) is 0 Å². The highest BCUT2D eigenvalue weighted by molar-refractivity contribution is 14.1. The molecule has 0 fully saturated rings. The van der Waals surface area contributed by atoms with Crippen LogP contribution < -0.4 is 14.4 Å². The number of anilines is 2. The van der Waals surface area contributed by atoms with Crippen LogP contribution in [0.1, 0.15) is 15.2 Å². The molecule has 0 radical (unpaired) electrons. The Hall–Kier alpha value is -2.63. The minimum absolute atomic E-state index is 0.107. The van der Waals surface area contributed by atoms with Gasteiger partial charge in [-0.3, -0.25) is 9.10 Å². The molecule has 0 aliphatic rings. The van der Waals surface area contributed by atoms with E-state index in [-0.39, 0.29) is 10.8 Å². The molecule has 0 atom stereocenters. The standard InChI is InChI=1S/C24H21IN2O4S2/c1-15-4-10-20(31-3)23(12-15)33(29,30)27(2)19-9-11-21-16(13-19)14-22(32-21)24(28)26-18-7-5-17(25)6-8-18/h4-14H,1-3H3,(H,26,28). The predicted octanol–water partition coefficient (Wildman–Crippen LogP) is 5.90. The van der Waals surface area contributed by atoms with E-state index in [9.17, 15) is 13.2 Å². The number of ether oxygens (including phenoxy) is 1. The Labute approximate surface area is 210 Å². The van der Waals surface area contributed by atoms with Crippen LogP contribution in [0.3, 0.4) is 0 Å². The van der Waals surface area contributed by atoms with Gasteiger partial charge in [-0.1, -0.05) is 6.07 Å². The molecule has 170 valence electrons. The fraction of sp³-hybridized carbons (Fsp3) is 0.125. The molecule has 0 aliphatic heterocycles. The second-order valence-corrected chi connectivity index (χ2v) is 11.7. The van der Waals surface area contributed by atoms with Crippen molar-refractivity contribution in [2.24, 2.45) is 0 Å². The van der Waals surface area contributed by atoms with Gasteiger partial charge in [0.25, 0.3) is 15.9 Å². The second-order valence-electron chi connectivity index (χ2n) is 7.42. The summed E-state index contributed by atoms with van der Waals surface area (Å²) >= 11 is 3.57. The first kappa shape index (κ1) is 23.5. The summed E-state index contributed by atoms with van der Waals surface area (Å²) in [4.78, 5) is 13.4. The number of amides is 1. The lowest BCUT2D eigenvalue weighted by atomic mass is 10.2. The summed E-state index contributed by atoms with van der Waals surface area (Å²) in [7, 11) is -0.891. The van der Waals surface area contributed by atoms with Gasteiger partial charge in [-0.15, -0.1) is 11.3 Å². The van der Waals surface area contributed by atoms with Crippen LogP contribution in [0.15, 0.2) is 71.6 Å². The van der Waals surface area contributed by atoms with Gasteiger partial charge < -0.3 is 10.1 Å². The van der Waals surface area contributed by atoms with Crippen LogP contribution in [0.2, 0.25) is 0 Å². The smallest absolute Gasteiger partial charge is 0.267 e. The summed E-state index contributed by atoms with van der Waals surface area (Å²) in [6.45, 7) is 1.83. The van der Waals surface area contributed by atoms with E-state index in [2.05, 4.69) is 27.9 Å². The summed E-state index contributed by atoms with van der Waals surface area (Å²) in [6, 6.07) is 19.7. The van der Waals surface area contributed by atoms with E-state index < -0.39 is 10.0 Å². The van der Waals surface area contributed by atoms with Crippen molar-refractivity contribution in [1.82, 2.24) is 0 Å². The number of methoxy groups -OCH3 is 1. The number of halogens is 1. The number of fused-ring (bicyclic) bond motifs is 1. The number of hydrogen-bond donors (Lipinski definition) is 1. The number of nitrogens with zero attached hydrogens (tertiary/aromatic N) is 1. The topological polar surface area (TPSA) is 75.7 Å². The number of carbonyl (C=O) groups is 1. The molecule has 1 heterocycles. The zero-order chi connectivity index (χ0) is 23.8. The third kappa shape index (κ3) is 4.85. The third-order valence-corrected chi connectivity index (χ3v) is 8.79. The van der Waals surface area contributed by atoms with E-state index in [1.165, 1.54) is 29.8 Å². The molecule has 1 amide bonds. The Morgan fingerprint density at radius 3 is 2.45 bits per heavy atom. The largest absolute Gasteiger partial charge is 0.495 e. The molecule has 9 heteroatoms. The van der Waals surface area contributed by atoms with Crippen LogP contribution in [-0.2, 0) is 10.0 Å². The summed E-state index contributed by atoms with van der Waals surface area (Å²) in [5, 5.41) is 3.69. The molecule has 0 unspecified atom stereocenters. The second kappa shape index (κ2) is 9.32. The maximum Gasteiger partial charge on any atom is 0.267 e. The molecule has 6 nitrogen and oxygen atoms in total. The highest BCUT2D eigenvalue weighted by Crippen LogP contribution is 2.34. The zero-order valence-electron chi connectivity index (χ0n) is 18.1. The van der Waals surface area contributed by atoms with E-state index in [1.807, 2.05) is 37.3 Å². The van der Waals surface area contributed by atoms with Gasteiger partial charge in [0.05, 0.1) is 17.7 Å². The molecule has 1 aromatic heterocycles. The number of hydrogen-bond acceptors (Lipinski definition) is 5. The number of thiophene rings is 1. The highest BCUT2D eigenvalue weighted by Gasteiger charge is 2.26. The highest BCUT2D eigenvalue weighted by atomic mass is 127. The molecule has 4 rings (SSSR count). The minimum Gasteiger partial charge on any atom is -0.495 e. The summed E-state index contributed by atoms with van der Waals surface area (Å²) in [5.74, 6) is 0.0862. The van der Waals surface area contributed by atoms with Crippen molar-refractivity contribution in [3.05, 3.63) is 80.7 Å². The Bertz CT molecular complexity index is 1450. The van der Waals surface area contributed by atoms with Crippen LogP contribution >= 0.6 is 33.9 Å². The van der Waals surface area contributed by atoms with E-state index >= 15 is 0 Å². The summed E-state index contributed by atoms with van der Waals surface area (Å²) in [6.07, 6.45) is 0. The Morgan fingerprint density at radius 1 is 1.03 bits per heavy atom. The van der Waals surface area contributed by atoms with Gasteiger partial charge in [-0.25, -0.2) is 8.42 Å². The number of nitrogens with one attached hydrogen (secondary N) is 1. The van der Waals surface area contributed by atoms with Crippen LogP contribution in [-0.4, -0.2) is 28.5 Å².